The molecule has 2 aliphatic rings. The molecule has 1 aliphatic carbocycles. The predicted octanol–water partition coefficient (Wildman–Crippen LogP) is 1.58. The summed E-state index contributed by atoms with van der Waals surface area (Å²) in [5.41, 5.74) is 2.11. The second kappa shape index (κ2) is 5.94. The number of nitrogens with zero attached hydrogens (tertiary/aromatic N) is 1. The van der Waals surface area contributed by atoms with E-state index in [9.17, 15) is 13.5 Å². The summed E-state index contributed by atoms with van der Waals surface area (Å²) in [5.74, 6) is 0. The highest BCUT2D eigenvalue weighted by atomic mass is 32.2. The molecule has 0 unspecified atom stereocenters. The van der Waals surface area contributed by atoms with E-state index in [0.717, 1.165) is 49.9 Å². The van der Waals surface area contributed by atoms with Crippen molar-refractivity contribution in [2.45, 2.75) is 43.0 Å². The quantitative estimate of drug-likeness (QED) is 0.866. The topological polar surface area (TPSA) is 69.6 Å². The lowest BCUT2D eigenvalue weighted by molar-refractivity contribution is 0.178. The van der Waals surface area contributed by atoms with Gasteiger partial charge >= 0.3 is 0 Å². The number of benzene rings is 1. The van der Waals surface area contributed by atoms with Gasteiger partial charge < -0.3 is 10.4 Å². The van der Waals surface area contributed by atoms with E-state index < -0.39 is 10.0 Å². The molecule has 0 saturated heterocycles. The molecule has 1 aromatic carbocycles. The van der Waals surface area contributed by atoms with Crippen LogP contribution in [0.15, 0.2) is 23.1 Å². The molecule has 5 nitrogen and oxygen atoms in total. The summed E-state index contributed by atoms with van der Waals surface area (Å²) in [6.07, 6.45) is 4.79. The summed E-state index contributed by atoms with van der Waals surface area (Å²) in [6, 6.07) is 5.38. The van der Waals surface area contributed by atoms with E-state index in [4.69, 9.17) is 0 Å². The van der Waals surface area contributed by atoms with E-state index in [-0.39, 0.29) is 19.2 Å². The van der Waals surface area contributed by atoms with Gasteiger partial charge in [0, 0.05) is 24.8 Å². The Balaban J connectivity index is 1.92. The Hall–Kier alpha value is -1.11. The minimum absolute atomic E-state index is 0.0521. The first kappa shape index (κ1) is 14.8. The van der Waals surface area contributed by atoms with Gasteiger partial charge in [0.15, 0.2) is 0 Å². The SMILES string of the molecule is O=S(=O)(c1ccc2c(c1)CCCN2)N(CCO)C1CCC1. The molecular weight excluding hydrogens is 288 g/mol. The maximum atomic E-state index is 12.8. The van der Waals surface area contributed by atoms with Crippen LogP contribution in [0, 0.1) is 0 Å². The van der Waals surface area contributed by atoms with Gasteiger partial charge in [-0.25, -0.2) is 8.42 Å². The van der Waals surface area contributed by atoms with Crippen LogP contribution < -0.4 is 5.32 Å². The van der Waals surface area contributed by atoms with E-state index in [2.05, 4.69) is 5.32 Å². The molecule has 1 fully saturated rings. The Morgan fingerprint density at radius 3 is 2.76 bits per heavy atom. The Labute approximate surface area is 126 Å². The Morgan fingerprint density at radius 2 is 2.10 bits per heavy atom. The number of rotatable bonds is 5. The van der Waals surface area contributed by atoms with Gasteiger partial charge in [0.25, 0.3) is 0 Å². The average Bonchev–Trinajstić information content (AvgIpc) is 2.44. The van der Waals surface area contributed by atoms with Crippen LogP contribution in [0.3, 0.4) is 0 Å². The third-order valence-corrected chi connectivity index (χ3v) is 6.37. The highest BCUT2D eigenvalue weighted by Crippen LogP contribution is 2.31. The normalized spacial score (nSPS) is 19.0. The monoisotopic (exact) mass is 310 g/mol. The van der Waals surface area contributed by atoms with Crippen molar-refractivity contribution in [2.75, 3.05) is 25.0 Å². The number of sulfonamides is 1. The zero-order valence-electron chi connectivity index (χ0n) is 12.1. The number of hydrogen-bond donors (Lipinski definition) is 2. The maximum Gasteiger partial charge on any atom is 0.243 e. The minimum Gasteiger partial charge on any atom is -0.395 e. The molecule has 21 heavy (non-hydrogen) atoms. The second-order valence-electron chi connectivity index (χ2n) is 5.77. The molecule has 0 amide bonds. The Kier molecular flexibility index (Phi) is 4.19. The molecule has 0 atom stereocenters. The summed E-state index contributed by atoms with van der Waals surface area (Å²) in [6.45, 7) is 0.988. The third kappa shape index (κ3) is 2.80. The third-order valence-electron chi connectivity index (χ3n) is 4.42. The average molecular weight is 310 g/mol. The molecule has 116 valence electrons. The molecule has 1 saturated carbocycles. The van der Waals surface area contributed by atoms with Crippen LogP contribution in [0.4, 0.5) is 5.69 Å². The maximum absolute atomic E-state index is 12.8. The lowest BCUT2D eigenvalue weighted by Crippen LogP contribution is -2.45. The molecule has 0 bridgehead atoms. The molecule has 1 aliphatic heterocycles. The van der Waals surface area contributed by atoms with Gasteiger partial charge in [-0.05, 0) is 49.4 Å². The first-order valence-electron chi connectivity index (χ1n) is 7.62. The van der Waals surface area contributed by atoms with E-state index >= 15 is 0 Å². The number of fused-ring (bicyclic) bond motifs is 1. The molecule has 3 rings (SSSR count). The standard InChI is InChI=1S/C15H22N2O3S/c18-10-9-17(13-4-1-5-13)21(19,20)14-6-7-15-12(11-14)3-2-8-16-15/h6-7,11,13,16,18H,1-5,8-10H2. The lowest BCUT2D eigenvalue weighted by Gasteiger charge is -2.36. The second-order valence-corrected chi connectivity index (χ2v) is 7.66. The van der Waals surface area contributed by atoms with Crippen LogP contribution in [-0.4, -0.2) is 43.6 Å². The number of aliphatic hydroxyl groups is 1. The molecule has 1 heterocycles. The van der Waals surface area contributed by atoms with Gasteiger partial charge in [-0.15, -0.1) is 0 Å². The Bertz CT molecular complexity index is 611. The zero-order valence-corrected chi connectivity index (χ0v) is 12.9. The zero-order chi connectivity index (χ0) is 14.9. The first-order valence-corrected chi connectivity index (χ1v) is 9.06. The highest BCUT2D eigenvalue weighted by Gasteiger charge is 2.34. The van der Waals surface area contributed by atoms with E-state index in [1.165, 1.54) is 4.31 Å². The largest absolute Gasteiger partial charge is 0.395 e. The summed E-state index contributed by atoms with van der Waals surface area (Å²) in [4.78, 5) is 0.352. The van der Waals surface area contributed by atoms with Gasteiger partial charge in [0.05, 0.1) is 11.5 Å². The smallest absolute Gasteiger partial charge is 0.243 e. The van der Waals surface area contributed by atoms with Crippen molar-refractivity contribution in [3.05, 3.63) is 23.8 Å². The molecular formula is C15H22N2O3S. The van der Waals surface area contributed by atoms with Gasteiger partial charge in [-0.1, -0.05) is 6.42 Å². The summed E-state index contributed by atoms with van der Waals surface area (Å²) >= 11 is 0. The van der Waals surface area contributed by atoms with Crippen molar-refractivity contribution in [1.29, 1.82) is 0 Å². The molecule has 6 heteroatoms. The minimum atomic E-state index is -3.51. The van der Waals surface area contributed by atoms with Crippen LogP contribution in [0.25, 0.3) is 0 Å². The lowest BCUT2D eigenvalue weighted by atomic mass is 9.93. The van der Waals surface area contributed by atoms with E-state index in [1.54, 1.807) is 12.1 Å². The van der Waals surface area contributed by atoms with Gasteiger partial charge in [0.2, 0.25) is 10.0 Å². The van der Waals surface area contributed by atoms with Crippen molar-refractivity contribution in [1.82, 2.24) is 4.31 Å². The van der Waals surface area contributed by atoms with Crippen LogP contribution in [0.1, 0.15) is 31.2 Å². The number of aliphatic hydroxyl groups excluding tert-OH is 1. The van der Waals surface area contributed by atoms with Crippen LogP contribution in [0.2, 0.25) is 0 Å². The number of anilines is 1. The van der Waals surface area contributed by atoms with Crippen molar-refractivity contribution < 1.29 is 13.5 Å². The molecule has 0 radical (unpaired) electrons. The van der Waals surface area contributed by atoms with Crippen molar-refractivity contribution in [2.24, 2.45) is 0 Å². The molecule has 0 spiro atoms. The fourth-order valence-corrected chi connectivity index (χ4v) is 4.75. The van der Waals surface area contributed by atoms with Crippen molar-refractivity contribution in [3.8, 4) is 0 Å². The van der Waals surface area contributed by atoms with Crippen LogP contribution >= 0.6 is 0 Å². The predicted molar refractivity (Wildman–Crippen MR) is 81.9 cm³/mol. The number of hydrogen-bond acceptors (Lipinski definition) is 4. The molecule has 2 N–H and O–H groups in total. The van der Waals surface area contributed by atoms with Crippen molar-refractivity contribution in [3.63, 3.8) is 0 Å². The number of aryl methyl sites for hydroxylation is 1. The molecule has 1 aromatic rings. The number of nitrogens with one attached hydrogen (secondary N) is 1. The fourth-order valence-electron chi connectivity index (χ4n) is 3.02. The van der Waals surface area contributed by atoms with Crippen LogP contribution in [-0.2, 0) is 16.4 Å². The van der Waals surface area contributed by atoms with Gasteiger partial charge in [-0.2, -0.15) is 4.31 Å². The van der Waals surface area contributed by atoms with E-state index in [1.807, 2.05) is 6.07 Å². The van der Waals surface area contributed by atoms with Crippen LogP contribution in [0.5, 0.6) is 0 Å². The fraction of sp³-hybridized carbons (Fsp3) is 0.600. The summed E-state index contributed by atoms with van der Waals surface area (Å²) < 4.78 is 27.2. The summed E-state index contributed by atoms with van der Waals surface area (Å²) in [7, 11) is -3.51. The Morgan fingerprint density at radius 1 is 1.29 bits per heavy atom. The van der Waals surface area contributed by atoms with Gasteiger partial charge in [0.1, 0.15) is 0 Å². The van der Waals surface area contributed by atoms with Crippen molar-refractivity contribution >= 4 is 15.7 Å². The van der Waals surface area contributed by atoms with Gasteiger partial charge in [-0.3, -0.25) is 0 Å². The van der Waals surface area contributed by atoms with E-state index in [0.29, 0.717) is 4.90 Å². The first-order chi connectivity index (χ1) is 10.1. The summed E-state index contributed by atoms with van der Waals surface area (Å²) in [5, 5.41) is 12.5. The molecule has 0 aromatic heterocycles. The highest BCUT2D eigenvalue weighted by molar-refractivity contribution is 7.89.